The summed E-state index contributed by atoms with van der Waals surface area (Å²) in [6, 6.07) is 5.98. The molecule has 2 unspecified atom stereocenters. The lowest BCUT2D eigenvalue weighted by molar-refractivity contribution is 0.157. The lowest BCUT2D eigenvalue weighted by Gasteiger charge is -2.18. The fraction of sp³-hybridized carbons (Fsp3) is 0.538. The van der Waals surface area contributed by atoms with Crippen LogP contribution in [0.5, 0.6) is 0 Å². The van der Waals surface area contributed by atoms with E-state index in [9.17, 15) is 0 Å². The summed E-state index contributed by atoms with van der Waals surface area (Å²) in [6.07, 6.45) is 0. The summed E-state index contributed by atoms with van der Waals surface area (Å²) in [5.41, 5.74) is 1.14. The second kappa shape index (κ2) is 7.22. The molecule has 17 heavy (non-hydrogen) atoms. The molecule has 4 heteroatoms. The van der Waals surface area contributed by atoms with E-state index in [-0.39, 0.29) is 6.04 Å². The summed E-state index contributed by atoms with van der Waals surface area (Å²) in [4.78, 5) is 0. The first-order valence-corrected chi connectivity index (χ1v) is 6.47. The van der Waals surface area contributed by atoms with Crippen LogP contribution in [0.2, 0.25) is 10.0 Å². The fourth-order valence-corrected chi connectivity index (χ4v) is 1.93. The van der Waals surface area contributed by atoms with Crippen molar-refractivity contribution in [3.63, 3.8) is 0 Å². The van der Waals surface area contributed by atoms with Gasteiger partial charge in [-0.15, -0.1) is 0 Å². The molecule has 1 aromatic carbocycles. The predicted octanol–water partition coefficient (Wildman–Crippen LogP) is 3.93. The number of halogens is 2. The summed E-state index contributed by atoms with van der Waals surface area (Å²) < 4.78 is 5.10. The predicted molar refractivity (Wildman–Crippen MR) is 73.9 cm³/mol. The quantitative estimate of drug-likeness (QED) is 0.850. The maximum absolute atomic E-state index is 5.99. The summed E-state index contributed by atoms with van der Waals surface area (Å²) in [7, 11) is 1.72. The van der Waals surface area contributed by atoms with Crippen molar-refractivity contribution in [3.05, 3.63) is 33.8 Å². The van der Waals surface area contributed by atoms with Crippen LogP contribution in [0.25, 0.3) is 0 Å². The normalized spacial score (nSPS) is 14.6. The van der Waals surface area contributed by atoms with Crippen molar-refractivity contribution in [2.24, 2.45) is 5.92 Å². The topological polar surface area (TPSA) is 21.3 Å². The SMILES string of the molecule is COCC(C)CNC(C)c1ccc(Cl)c(Cl)c1. The van der Waals surface area contributed by atoms with Gasteiger partial charge >= 0.3 is 0 Å². The van der Waals surface area contributed by atoms with E-state index in [2.05, 4.69) is 19.2 Å². The van der Waals surface area contributed by atoms with Crippen LogP contribution in [0.3, 0.4) is 0 Å². The van der Waals surface area contributed by atoms with Crippen LogP contribution in [0, 0.1) is 5.92 Å². The molecule has 1 rings (SSSR count). The van der Waals surface area contributed by atoms with E-state index in [1.54, 1.807) is 7.11 Å². The van der Waals surface area contributed by atoms with Gasteiger partial charge in [0.05, 0.1) is 10.0 Å². The van der Waals surface area contributed by atoms with Gasteiger partial charge in [-0.05, 0) is 30.5 Å². The van der Waals surface area contributed by atoms with Gasteiger partial charge in [-0.25, -0.2) is 0 Å². The molecule has 0 aliphatic heterocycles. The van der Waals surface area contributed by atoms with Gasteiger partial charge < -0.3 is 10.1 Å². The number of hydrogen-bond acceptors (Lipinski definition) is 2. The zero-order valence-electron chi connectivity index (χ0n) is 10.5. The van der Waals surface area contributed by atoms with E-state index in [4.69, 9.17) is 27.9 Å². The van der Waals surface area contributed by atoms with Crippen LogP contribution >= 0.6 is 23.2 Å². The Kier molecular flexibility index (Phi) is 6.28. The zero-order chi connectivity index (χ0) is 12.8. The Morgan fingerprint density at radius 3 is 2.53 bits per heavy atom. The first kappa shape index (κ1) is 14.8. The van der Waals surface area contributed by atoms with Crippen LogP contribution in [0.1, 0.15) is 25.5 Å². The van der Waals surface area contributed by atoms with Gasteiger partial charge in [0, 0.05) is 26.3 Å². The molecule has 0 saturated heterocycles. The average Bonchev–Trinajstić information content (AvgIpc) is 2.30. The molecular formula is C13H19Cl2NO. The van der Waals surface area contributed by atoms with Crippen molar-refractivity contribution in [2.45, 2.75) is 19.9 Å². The van der Waals surface area contributed by atoms with E-state index in [1.165, 1.54) is 0 Å². The van der Waals surface area contributed by atoms with Gasteiger partial charge in [0.25, 0.3) is 0 Å². The number of methoxy groups -OCH3 is 1. The second-order valence-electron chi connectivity index (χ2n) is 4.36. The molecule has 0 bridgehead atoms. The van der Waals surface area contributed by atoms with E-state index < -0.39 is 0 Å². The highest BCUT2D eigenvalue weighted by Gasteiger charge is 2.09. The Morgan fingerprint density at radius 1 is 1.24 bits per heavy atom. The lowest BCUT2D eigenvalue weighted by atomic mass is 10.1. The molecular weight excluding hydrogens is 257 g/mol. The van der Waals surface area contributed by atoms with Crippen molar-refractivity contribution >= 4 is 23.2 Å². The van der Waals surface area contributed by atoms with Crippen LogP contribution in [-0.4, -0.2) is 20.3 Å². The van der Waals surface area contributed by atoms with E-state index in [0.717, 1.165) is 18.7 Å². The number of ether oxygens (including phenoxy) is 1. The van der Waals surface area contributed by atoms with Gasteiger partial charge in [0.15, 0.2) is 0 Å². The van der Waals surface area contributed by atoms with E-state index >= 15 is 0 Å². The highest BCUT2D eigenvalue weighted by atomic mass is 35.5. The standard InChI is InChI=1S/C13H19Cl2NO/c1-9(8-17-3)7-16-10(2)11-4-5-12(14)13(15)6-11/h4-6,9-10,16H,7-8H2,1-3H3. The highest BCUT2D eigenvalue weighted by Crippen LogP contribution is 2.25. The molecule has 1 aromatic rings. The molecule has 0 saturated carbocycles. The van der Waals surface area contributed by atoms with Crippen LogP contribution < -0.4 is 5.32 Å². The average molecular weight is 276 g/mol. The van der Waals surface area contributed by atoms with Gasteiger partial charge in [-0.2, -0.15) is 0 Å². The number of nitrogens with one attached hydrogen (secondary N) is 1. The maximum atomic E-state index is 5.99. The highest BCUT2D eigenvalue weighted by molar-refractivity contribution is 6.42. The molecule has 0 radical (unpaired) electrons. The minimum absolute atomic E-state index is 0.254. The molecule has 1 N–H and O–H groups in total. The van der Waals surface area contributed by atoms with Crippen molar-refractivity contribution < 1.29 is 4.74 Å². The molecule has 0 fully saturated rings. The maximum Gasteiger partial charge on any atom is 0.0595 e. The summed E-state index contributed by atoms with van der Waals surface area (Å²) in [5, 5.41) is 4.64. The largest absolute Gasteiger partial charge is 0.384 e. The third-order valence-electron chi connectivity index (χ3n) is 2.67. The van der Waals surface area contributed by atoms with Gasteiger partial charge in [-0.1, -0.05) is 36.2 Å². The van der Waals surface area contributed by atoms with Gasteiger partial charge in [0.2, 0.25) is 0 Å². The van der Waals surface area contributed by atoms with Gasteiger partial charge in [0.1, 0.15) is 0 Å². The van der Waals surface area contributed by atoms with Crippen molar-refractivity contribution in [1.82, 2.24) is 5.32 Å². The second-order valence-corrected chi connectivity index (χ2v) is 5.18. The molecule has 2 nitrogen and oxygen atoms in total. The minimum atomic E-state index is 0.254. The molecule has 0 heterocycles. The van der Waals surface area contributed by atoms with Gasteiger partial charge in [-0.3, -0.25) is 0 Å². The van der Waals surface area contributed by atoms with Crippen molar-refractivity contribution in [3.8, 4) is 0 Å². The smallest absolute Gasteiger partial charge is 0.0595 e. The number of benzene rings is 1. The number of hydrogen-bond donors (Lipinski definition) is 1. The molecule has 96 valence electrons. The molecule has 2 atom stereocenters. The van der Waals surface area contributed by atoms with E-state index in [0.29, 0.717) is 16.0 Å². The Labute approximate surface area is 113 Å². The fourth-order valence-electron chi connectivity index (χ4n) is 1.62. The molecule has 0 amide bonds. The first-order chi connectivity index (χ1) is 8.04. The molecule has 0 aliphatic carbocycles. The minimum Gasteiger partial charge on any atom is -0.384 e. The van der Waals surface area contributed by atoms with Crippen LogP contribution in [0.15, 0.2) is 18.2 Å². The Balaban J connectivity index is 2.52. The molecule has 0 spiro atoms. The monoisotopic (exact) mass is 275 g/mol. The summed E-state index contributed by atoms with van der Waals surface area (Å²) in [6.45, 7) is 5.94. The molecule has 0 aromatic heterocycles. The lowest BCUT2D eigenvalue weighted by Crippen LogP contribution is -2.26. The molecule has 0 aliphatic rings. The third-order valence-corrected chi connectivity index (χ3v) is 3.41. The third kappa shape index (κ3) is 4.84. The number of rotatable bonds is 6. The van der Waals surface area contributed by atoms with Crippen molar-refractivity contribution in [1.29, 1.82) is 0 Å². The van der Waals surface area contributed by atoms with Crippen molar-refractivity contribution in [2.75, 3.05) is 20.3 Å². The Morgan fingerprint density at radius 2 is 1.94 bits per heavy atom. The Hall–Kier alpha value is -0.280. The summed E-state index contributed by atoms with van der Waals surface area (Å²) in [5.74, 6) is 0.491. The van der Waals surface area contributed by atoms with Crippen LogP contribution in [-0.2, 0) is 4.74 Å². The first-order valence-electron chi connectivity index (χ1n) is 5.72. The zero-order valence-corrected chi connectivity index (χ0v) is 12.0. The Bertz CT molecular complexity index is 357. The van der Waals surface area contributed by atoms with Crippen LogP contribution in [0.4, 0.5) is 0 Å². The van der Waals surface area contributed by atoms with E-state index in [1.807, 2.05) is 18.2 Å². The summed E-state index contributed by atoms with van der Waals surface area (Å²) >= 11 is 11.9.